The number of rotatable bonds is 2. The molecule has 1 aliphatic carbocycles. The van der Waals surface area contributed by atoms with Crippen molar-refractivity contribution in [1.29, 1.82) is 0 Å². The van der Waals surface area contributed by atoms with Crippen molar-refractivity contribution >= 4 is 11.7 Å². The lowest BCUT2D eigenvalue weighted by Gasteiger charge is -2.22. The van der Waals surface area contributed by atoms with Crippen LogP contribution in [0, 0.1) is 5.92 Å². The van der Waals surface area contributed by atoms with E-state index in [4.69, 9.17) is 9.52 Å². The maximum atomic E-state index is 11.0. The third-order valence-corrected chi connectivity index (χ3v) is 3.38. The largest absolute Gasteiger partial charge is 0.475 e. The van der Waals surface area contributed by atoms with Gasteiger partial charge in [-0.05, 0) is 18.9 Å². The van der Waals surface area contributed by atoms with Gasteiger partial charge < -0.3 is 14.4 Å². The van der Waals surface area contributed by atoms with Crippen molar-refractivity contribution in [2.45, 2.75) is 12.8 Å². The summed E-state index contributed by atoms with van der Waals surface area (Å²) in [6.45, 7) is 0.859. The van der Waals surface area contributed by atoms with Crippen LogP contribution in [0.5, 0.6) is 0 Å². The summed E-state index contributed by atoms with van der Waals surface area (Å²) in [6, 6.07) is 1.73. The smallest absolute Gasteiger partial charge is 0.374 e. The number of hydrogen-bond donors (Lipinski definition) is 1. The number of aromatic carboxylic acids is 1. The molecule has 3 rings (SSSR count). The van der Waals surface area contributed by atoms with Crippen molar-refractivity contribution in [3.05, 3.63) is 42.0 Å². The quantitative estimate of drug-likeness (QED) is 0.850. The highest BCUT2D eigenvalue weighted by Gasteiger charge is 2.32. The molecule has 0 radical (unpaired) electrons. The SMILES string of the molecule is O=C(O)c1occc1N1CCC2CC=CC=C21. The molecule has 2 aliphatic rings. The fourth-order valence-electron chi connectivity index (χ4n) is 2.59. The molecular formula is C13H13NO3. The Morgan fingerprint density at radius 1 is 1.53 bits per heavy atom. The molecule has 2 heterocycles. The Hall–Kier alpha value is -1.97. The summed E-state index contributed by atoms with van der Waals surface area (Å²) in [5, 5.41) is 9.06. The van der Waals surface area contributed by atoms with Crippen LogP contribution < -0.4 is 4.90 Å². The van der Waals surface area contributed by atoms with Crippen molar-refractivity contribution in [1.82, 2.24) is 0 Å². The van der Waals surface area contributed by atoms with Crippen molar-refractivity contribution in [2.24, 2.45) is 5.92 Å². The van der Waals surface area contributed by atoms with E-state index in [9.17, 15) is 4.79 Å². The predicted molar refractivity (Wildman–Crippen MR) is 63.0 cm³/mol. The van der Waals surface area contributed by atoms with Gasteiger partial charge in [0.1, 0.15) is 0 Å². The first-order valence-corrected chi connectivity index (χ1v) is 5.72. The zero-order valence-corrected chi connectivity index (χ0v) is 9.30. The first-order valence-electron chi connectivity index (χ1n) is 5.72. The van der Waals surface area contributed by atoms with Crippen LogP contribution in [0.1, 0.15) is 23.4 Å². The van der Waals surface area contributed by atoms with E-state index in [-0.39, 0.29) is 5.76 Å². The van der Waals surface area contributed by atoms with E-state index in [1.165, 1.54) is 12.0 Å². The van der Waals surface area contributed by atoms with Crippen LogP contribution in [0.25, 0.3) is 0 Å². The summed E-state index contributed by atoms with van der Waals surface area (Å²) in [5.41, 5.74) is 1.87. The summed E-state index contributed by atoms with van der Waals surface area (Å²) in [4.78, 5) is 13.1. The predicted octanol–water partition coefficient (Wildman–Crippen LogP) is 2.65. The number of nitrogens with zero attached hydrogens (tertiary/aromatic N) is 1. The van der Waals surface area contributed by atoms with Gasteiger partial charge in [-0.15, -0.1) is 0 Å². The molecule has 0 amide bonds. The molecule has 1 aromatic rings. The summed E-state index contributed by atoms with van der Waals surface area (Å²) in [6.07, 6.45) is 9.81. The molecule has 1 aliphatic heterocycles. The second kappa shape index (κ2) is 3.80. The number of carbonyl (C=O) groups is 1. The molecule has 0 saturated carbocycles. The first kappa shape index (κ1) is 10.2. The zero-order chi connectivity index (χ0) is 11.8. The van der Waals surface area contributed by atoms with Crippen molar-refractivity contribution in [3.8, 4) is 0 Å². The molecule has 17 heavy (non-hydrogen) atoms. The number of allylic oxidation sites excluding steroid dienone is 4. The molecule has 0 bridgehead atoms. The van der Waals surface area contributed by atoms with Crippen LogP contribution in [0.15, 0.2) is 40.7 Å². The lowest BCUT2D eigenvalue weighted by Crippen LogP contribution is -2.19. The Morgan fingerprint density at radius 3 is 3.24 bits per heavy atom. The van der Waals surface area contributed by atoms with Gasteiger partial charge in [0.2, 0.25) is 5.76 Å². The zero-order valence-electron chi connectivity index (χ0n) is 9.30. The highest BCUT2D eigenvalue weighted by atomic mass is 16.4. The molecule has 0 aromatic carbocycles. The fraction of sp³-hybridized carbons (Fsp3) is 0.308. The van der Waals surface area contributed by atoms with Gasteiger partial charge >= 0.3 is 5.97 Å². The van der Waals surface area contributed by atoms with Gasteiger partial charge in [-0.1, -0.05) is 12.2 Å². The molecule has 0 spiro atoms. The second-order valence-electron chi connectivity index (χ2n) is 4.33. The molecule has 4 heteroatoms. The summed E-state index contributed by atoms with van der Waals surface area (Å²) in [5.74, 6) is -0.460. The van der Waals surface area contributed by atoms with Crippen molar-refractivity contribution in [2.75, 3.05) is 11.4 Å². The van der Waals surface area contributed by atoms with Gasteiger partial charge in [-0.3, -0.25) is 0 Å². The summed E-state index contributed by atoms with van der Waals surface area (Å²) in [7, 11) is 0. The minimum absolute atomic E-state index is 0.0288. The number of furan rings is 1. The topological polar surface area (TPSA) is 53.7 Å². The van der Waals surface area contributed by atoms with E-state index in [1.54, 1.807) is 6.07 Å². The Morgan fingerprint density at radius 2 is 2.41 bits per heavy atom. The average Bonchev–Trinajstić information content (AvgIpc) is 2.94. The van der Waals surface area contributed by atoms with Crippen LogP contribution in [0.2, 0.25) is 0 Å². The lowest BCUT2D eigenvalue weighted by molar-refractivity contribution is 0.0663. The standard InChI is InChI=1S/C13H13NO3/c15-13(16)12-11(6-8-17-12)14-7-5-9-3-1-2-4-10(9)14/h1-2,4,6,8-9H,3,5,7H2,(H,15,16). The summed E-state index contributed by atoms with van der Waals surface area (Å²) >= 11 is 0. The van der Waals surface area contributed by atoms with E-state index < -0.39 is 5.97 Å². The Balaban J connectivity index is 1.99. The van der Waals surface area contributed by atoms with Gasteiger partial charge in [-0.25, -0.2) is 4.79 Å². The van der Waals surface area contributed by atoms with Crippen molar-refractivity contribution in [3.63, 3.8) is 0 Å². The minimum atomic E-state index is -1.01. The molecule has 1 atom stereocenters. The van der Waals surface area contributed by atoms with Gasteiger partial charge in [0.15, 0.2) is 0 Å². The molecular weight excluding hydrogens is 218 g/mol. The highest BCUT2D eigenvalue weighted by molar-refractivity contribution is 5.91. The van der Waals surface area contributed by atoms with Crippen LogP contribution in [-0.2, 0) is 0 Å². The lowest BCUT2D eigenvalue weighted by atomic mass is 9.97. The Bertz CT molecular complexity index is 512. The van der Waals surface area contributed by atoms with E-state index >= 15 is 0 Å². The molecule has 1 aromatic heterocycles. The van der Waals surface area contributed by atoms with Gasteiger partial charge in [-0.2, -0.15) is 0 Å². The van der Waals surface area contributed by atoms with E-state index in [1.807, 2.05) is 6.08 Å². The van der Waals surface area contributed by atoms with Crippen molar-refractivity contribution < 1.29 is 14.3 Å². The van der Waals surface area contributed by atoms with Crippen LogP contribution in [-0.4, -0.2) is 17.6 Å². The van der Waals surface area contributed by atoms with Crippen LogP contribution in [0.3, 0.4) is 0 Å². The first-order chi connectivity index (χ1) is 8.27. The second-order valence-corrected chi connectivity index (χ2v) is 4.33. The number of carboxylic acid groups (broad SMARTS) is 1. The molecule has 1 saturated heterocycles. The maximum Gasteiger partial charge on any atom is 0.374 e. The fourth-order valence-corrected chi connectivity index (χ4v) is 2.59. The molecule has 1 unspecified atom stereocenters. The maximum absolute atomic E-state index is 11.0. The van der Waals surface area contributed by atoms with E-state index in [2.05, 4.69) is 17.1 Å². The molecule has 1 N–H and O–H groups in total. The number of fused-ring (bicyclic) bond motifs is 1. The molecule has 1 fully saturated rings. The normalized spacial score (nSPS) is 22.5. The Kier molecular flexibility index (Phi) is 2.28. The number of anilines is 1. The molecule has 4 nitrogen and oxygen atoms in total. The van der Waals surface area contributed by atoms with Gasteiger partial charge in [0, 0.05) is 24.2 Å². The minimum Gasteiger partial charge on any atom is -0.475 e. The molecule has 88 valence electrons. The summed E-state index contributed by atoms with van der Waals surface area (Å²) < 4.78 is 5.03. The highest BCUT2D eigenvalue weighted by Crippen LogP contribution is 2.38. The van der Waals surface area contributed by atoms with E-state index in [0.29, 0.717) is 11.6 Å². The number of carboxylic acids is 1. The van der Waals surface area contributed by atoms with Gasteiger partial charge in [0.25, 0.3) is 0 Å². The third kappa shape index (κ3) is 1.56. The Labute approximate surface area is 98.8 Å². The third-order valence-electron chi connectivity index (χ3n) is 3.38. The average molecular weight is 231 g/mol. The van der Waals surface area contributed by atoms with E-state index in [0.717, 1.165) is 19.4 Å². The number of hydrogen-bond acceptors (Lipinski definition) is 3. The van der Waals surface area contributed by atoms with Crippen LogP contribution >= 0.6 is 0 Å². The monoisotopic (exact) mass is 231 g/mol. The van der Waals surface area contributed by atoms with Crippen LogP contribution in [0.4, 0.5) is 5.69 Å². The van der Waals surface area contributed by atoms with Gasteiger partial charge in [0.05, 0.1) is 12.0 Å².